The Morgan fingerprint density at radius 3 is 3.16 bits per heavy atom. The number of nitrogens with one attached hydrogen (secondary N) is 2. The van der Waals surface area contributed by atoms with Crippen LogP contribution in [0.15, 0.2) is 18.2 Å². The second kappa shape index (κ2) is 5.90. The minimum atomic E-state index is 0.366. The van der Waals surface area contributed by atoms with Crippen LogP contribution >= 0.6 is 0 Å². The average molecular weight is 262 g/mol. The predicted molar refractivity (Wildman–Crippen MR) is 74.7 cm³/mol. The zero-order valence-electron chi connectivity index (χ0n) is 11.4. The lowest BCUT2D eigenvalue weighted by molar-refractivity contribution is 0.0708. The van der Waals surface area contributed by atoms with Crippen LogP contribution in [-0.4, -0.2) is 39.5 Å². The van der Waals surface area contributed by atoms with E-state index < -0.39 is 0 Å². The van der Waals surface area contributed by atoms with Gasteiger partial charge in [0.15, 0.2) is 0 Å². The predicted octanol–water partition coefficient (Wildman–Crippen LogP) is 1.26. The number of fused-ring (bicyclic) bond motifs is 1. The number of morpholine rings is 1. The van der Waals surface area contributed by atoms with Gasteiger partial charge in [-0.25, -0.2) is 0 Å². The van der Waals surface area contributed by atoms with Crippen molar-refractivity contribution in [3.8, 4) is 5.75 Å². The van der Waals surface area contributed by atoms with Gasteiger partial charge in [-0.2, -0.15) is 0 Å². The van der Waals surface area contributed by atoms with Crippen molar-refractivity contribution in [1.82, 2.24) is 10.6 Å². The third-order valence-corrected chi connectivity index (χ3v) is 3.98. The summed E-state index contributed by atoms with van der Waals surface area (Å²) < 4.78 is 11.1. The van der Waals surface area contributed by atoms with Gasteiger partial charge in [0.1, 0.15) is 5.75 Å². The second-order valence-corrected chi connectivity index (χ2v) is 5.27. The molecule has 1 aromatic rings. The highest BCUT2D eigenvalue weighted by Gasteiger charge is 2.21. The largest absolute Gasteiger partial charge is 0.493 e. The summed E-state index contributed by atoms with van der Waals surface area (Å²) in [5.74, 6) is 1.05. The molecule has 0 aromatic heterocycles. The fraction of sp³-hybridized carbons (Fsp3) is 0.600. The molecule has 1 aromatic carbocycles. The third-order valence-electron chi connectivity index (χ3n) is 3.98. The van der Waals surface area contributed by atoms with Crippen LogP contribution in [0.1, 0.15) is 23.6 Å². The number of ether oxygens (including phenoxy) is 2. The molecule has 2 aliphatic rings. The SMILES string of the molecule is CNC(CC1COCCN1)c1ccc2c(c1)CCO2. The van der Waals surface area contributed by atoms with E-state index in [1.54, 1.807) is 0 Å². The number of hydrogen-bond acceptors (Lipinski definition) is 4. The highest BCUT2D eigenvalue weighted by molar-refractivity contribution is 5.40. The maximum Gasteiger partial charge on any atom is 0.122 e. The van der Waals surface area contributed by atoms with E-state index >= 15 is 0 Å². The number of benzene rings is 1. The smallest absolute Gasteiger partial charge is 0.122 e. The lowest BCUT2D eigenvalue weighted by Gasteiger charge is -2.28. The molecule has 4 heteroatoms. The second-order valence-electron chi connectivity index (χ2n) is 5.27. The Balaban J connectivity index is 1.70. The van der Waals surface area contributed by atoms with Crippen LogP contribution in [0.2, 0.25) is 0 Å². The van der Waals surface area contributed by atoms with Crippen molar-refractivity contribution in [2.24, 2.45) is 0 Å². The molecule has 0 saturated carbocycles. The van der Waals surface area contributed by atoms with Crippen molar-refractivity contribution < 1.29 is 9.47 Å². The van der Waals surface area contributed by atoms with E-state index in [9.17, 15) is 0 Å². The van der Waals surface area contributed by atoms with E-state index in [4.69, 9.17) is 9.47 Å². The molecule has 0 spiro atoms. The van der Waals surface area contributed by atoms with Crippen LogP contribution in [0.5, 0.6) is 5.75 Å². The first kappa shape index (κ1) is 12.9. The summed E-state index contributed by atoms with van der Waals surface area (Å²) in [5.41, 5.74) is 2.68. The fourth-order valence-electron chi connectivity index (χ4n) is 2.90. The third kappa shape index (κ3) is 2.91. The number of rotatable bonds is 4. The van der Waals surface area contributed by atoms with Gasteiger partial charge in [0, 0.05) is 25.0 Å². The molecule has 104 valence electrons. The zero-order chi connectivity index (χ0) is 13.1. The molecule has 2 unspecified atom stereocenters. The Kier molecular flexibility index (Phi) is 4.01. The normalized spacial score (nSPS) is 23.7. The first-order chi connectivity index (χ1) is 9.36. The molecule has 2 heterocycles. The molecule has 4 nitrogen and oxygen atoms in total. The summed E-state index contributed by atoms with van der Waals surface area (Å²) in [5, 5.41) is 6.94. The molecule has 2 N–H and O–H groups in total. The van der Waals surface area contributed by atoms with Crippen LogP contribution in [0.3, 0.4) is 0 Å². The van der Waals surface area contributed by atoms with Crippen LogP contribution in [0, 0.1) is 0 Å². The van der Waals surface area contributed by atoms with Crippen molar-refractivity contribution in [1.29, 1.82) is 0 Å². The van der Waals surface area contributed by atoms with Gasteiger partial charge in [0.25, 0.3) is 0 Å². The van der Waals surface area contributed by atoms with Gasteiger partial charge in [-0.3, -0.25) is 0 Å². The fourth-order valence-corrected chi connectivity index (χ4v) is 2.90. The molecule has 0 bridgehead atoms. The molecule has 0 amide bonds. The highest BCUT2D eigenvalue weighted by Crippen LogP contribution is 2.29. The Morgan fingerprint density at radius 1 is 1.42 bits per heavy atom. The molecule has 2 aliphatic heterocycles. The minimum Gasteiger partial charge on any atom is -0.493 e. The Hall–Kier alpha value is -1.10. The van der Waals surface area contributed by atoms with E-state index in [2.05, 4.69) is 28.8 Å². The van der Waals surface area contributed by atoms with Gasteiger partial charge in [-0.15, -0.1) is 0 Å². The van der Waals surface area contributed by atoms with E-state index in [0.717, 1.165) is 45.0 Å². The lowest BCUT2D eigenvalue weighted by Crippen LogP contribution is -2.43. The van der Waals surface area contributed by atoms with E-state index in [1.807, 2.05) is 7.05 Å². The van der Waals surface area contributed by atoms with Crippen LogP contribution in [0.4, 0.5) is 0 Å². The Labute approximate surface area is 114 Å². The lowest BCUT2D eigenvalue weighted by atomic mass is 9.97. The maximum atomic E-state index is 5.56. The molecular formula is C15H22N2O2. The molecule has 1 fully saturated rings. The Bertz CT molecular complexity index is 430. The van der Waals surface area contributed by atoms with Gasteiger partial charge in [-0.1, -0.05) is 12.1 Å². The molecule has 0 radical (unpaired) electrons. The van der Waals surface area contributed by atoms with Crippen molar-refractivity contribution >= 4 is 0 Å². The summed E-state index contributed by atoms with van der Waals surface area (Å²) in [7, 11) is 2.03. The maximum absolute atomic E-state index is 5.56. The van der Waals surface area contributed by atoms with Crippen molar-refractivity contribution in [2.75, 3.05) is 33.4 Å². The van der Waals surface area contributed by atoms with Crippen molar-refractivity contribution in [3.63, 3.8) is 0 Å². The quantitative estimate of drug-likeness (QED) is 0.857. The minimum absolute atomic E-state index is 0.366. The van der Waals surface area contributed by atoms with E-state index in [1.165, 1.54) is 11.1 Å². The van der Waals surface area contributed by atoms with E-state index in [-0.39, 0.29) is 0 Å². The molecule has 19 heavy (non-hydrogen) atoms. The van der Waals surface area contributed by atoms with Gasteiger partial charge in [0.2, 0.25) is 0 Å². The van der Waals surface area contributed by atoms with Crippen LogP contribution < -0.4 is 15.4 Å². The first-order valence-electron chi connectivity index (χ1n) is 7.11. The monoisotopic (exact) mass is 262 g/mol. The highest BCUT2D eigenvalue weighted by atomic mass is 16.5. The molecule has 3 rings (SSSR count). The van der Waals surface area contributed by atoms with Gasteiger partial charge >= 0.3 is 0 Å². The molecule has 2 atom stereocenters. The summed E-state index contributed by atoms with van der Waals surface area (Å²) in [6.45, 7) is 3.42. The number of hydrogen-bond donors (Lipinski definition) is 2. The van der Waals surface area contributed by atoms with Crippen molar-refractivity contribution in [3.05, 3.63) is 29.3 Å². The summed E-state index contributed by atoms with van der Waals surface area (Å²) in [6.07, 6.45) is 2.08. The van der Waals surface area contributed by atoms with Gasteiger partial charge < -0.3 is 20.1 Å². The van der Waals surface area contributed by atoms with Crippen LogP contribution in [0.25, 0.3) is 0 Å². The topological polar surface area (TPSA) is 42.5 Å². The summed E-state index contributed by atoms with van der Waals surface area (Å²) >= 11 is 0. The molecule has 1 saturated heterocycles. The first-order valence-corrected chi connectivity index (χ1v) is 7.11. The summed E-state index contributed by atoms with van der Waals surface area (Å²) in [6, 6.07) is 7.37. The molecule has 0 aliphatic carbocycles. The van der Waals surface area contributed by atoms with E-state index in [0.29, 0.717) is 12.1 Å². The Morgan fingerprint density at radius 2 is 2.37 bits per heavy atom. The van der Waals surface area contributed by atoms with Crippen molar-refractivity contribution in [2.45, 2.75) is 24.9 Å². The standard InChI is InChI=1S/C15H22N2O2/c1-16-14(9-13-10-18-7-5-17-13)11-2-3-15-12(8-11)4-6-19-15/h2-3,8,13-14,16-17H,4-7,9-10H2,1H3. The van der Waals surface area contributed by atoms with Crippen LogP contribution in [-0.2, 0) is 11.2 Å². The van der Waals surface area contributed by atoms with Gasteiger partial charge in [0.05, 0.1) is 19.8 Å². The summed E-state index contributed by atoms with van der Waals surface area (Å²) in [4.78, 5) is 0. The molecular weight excluding hydrogens is 240 g/mol. The zero-order valence-corrected chi connectivity index (χ0v) is 11.4. The van der Waals surface area contributed by atoms with Gasteiger partial charge in [-0.05, 0) is 30.7 Å². The average Bonchev–Trinajstić information content (AvgIpc) is 2.93.